The second-order valence-electron chi connectivity index (χ2n) is 4.53. The molecule has 2 bridgehead atoms. The number of halogens is 1. The number of carbonyl (C=O) groups is 1. The molecule has 3 heterocycles. The summed E-state index contributed by atoms with van der Waals surface area (Å²) in [5, 5.41) is 0. The summed E-state index contributed by atoms with van der Waals surface area (Å²) in [7, 11) is 0. The van der Waals surface area contributed by atoms with Crippen LogP contribution in [0.15, 0.2) is 22.9 Å². The number of fused-ring (bicyclic) bond motifs is 2. The maximum Gasteiger partial charge on any atom is 0.254 e. The SMILES string of the molecule is O=C(c1ccnc(Br)c1)N1CC2CCC(C1)O2. The van der Waals surface area contributed by atoms with Crippen molar-refractivity contribution in [3.63, 3.8) is 0 Å². The lowest BCUT2D eigenvalue weighted by Crippen LogP contribution is -2.45. The zero-order valence-corrected chi connectivity index (χ0v) is 10.9. The van der Waals surface area contributed by atoms with E-state index < -0.39 is 0 Å². The van der Waals surface area contributed by atoms with E-state index in [2.05, 4.69) is 20.9 Å². The van der Waals surface area contributed by atoms with Gasteiger partial charge in [0.2, 0.25) is 0 Å². The number of morpholine rings is 1. The highest BCUT2D eigenvalue weighted by atomic mass is 79.9. The maximum atomic E-state index is 12.3. The van der Waals surface area contributed by atoms with Crippen LogP contribution in [-0.4, -0.2) is 41.1 Å². The Balaban J connectivity index is 1.78. The Labute approximate surface area is 108 Å². The summed E-state index contributed by atoms with van der Waals surface area (Å²) in [5.41, 5.74) is 0.688. The molecule has 0 saturated carbocycles. The molecule has 2 saturated heterocycles. The maximum absolute atomic E-state index is 12.3. The van der Waals surface area contributed by atoms with Crippen LogP contribution in [0.2, 0.25) is 0 Å². The third-order valence-electron chi connectivity index (χ3n) is 3.30. The molecule has 4 nitrogen and oxygen atoms in total. The second kappa shape index (κ2) is 4.38. The monoisotopic (exact) mass is 296 g/mol. The number of amides is 1. The minimum Gasteiger partial charge on any atom is -0.371 e. The standard InChI is InChI=1S/C12H13BrN2O2/c13-11-5-8(3-4-14-11)12(16)15-6-9-1-2-10(7-15)17-9/h3-5,9-10H,1-2,6-7H2. The van der Waals surface area contributed by atoms with Crippen molar-refractivity contribution in [3.05, 3.63) is 28.5 Å². The van der Waals surface area contributed by atoms with Gasteiger partial charge in [0, 0.05) is 24.8 Å². The zero-order chi connectivity index (χ0) is 11.8. The fraction of sp³-hybridized carbons (Fsp3) is 0.500. The Morgan fingerprint density at radius 2 is 2.12 bits per heavy atom. The van der Waals surface area contributed by atoms with Crippen LogP contribution < -0.4 is 0 Å². The third-order valence-corrected chi connectivity index (χ3v) is 3.74. The molecule has 17 heavy (non-hydrogen) atoms. The van der Waals surface area contributed by atoms with Crippen LogP contribution in [0.25, 0.3) is 0 Å². The fourth-order valence-electron chi connectivity index (χ4n) is 2.50. The lowest BCUT2D eigenvalue weighted by molar-refractivity contribution is -0.0303. The second-order valence-corrected chi connectivity index (χ2v) is 5.35. The molecule has 2 aliphatic rings. The van der Waals surface area contributed by atoms with Gasteiger partial charge in [-0.1, -0.05) is 0 Å². The average Bonchev–Trinajstić information content (AvgIpc) is 2.67. The van der Waals surface area contributed by atoms with Crippen LogP contribution in [0.1, 0.15) is 23.2 Å². The van der Waals surface area contributed by atoms with Crippen molar-refractivity contribution in [1.29, 1.82) is 0 Å². The van der Waals surface area contributed by atoms with E-state index in [1.165, 1.54) is 0 Å². The van der Waals surface area contributed by atoms with E-state index in [1.54, 1.807) is 18.3 Å². The van der Waals surface area contributed by atoms with Gasteiger partial charge in [0.05, 0.1) is 12.2 Å². The van der Waals surface area contributed by atoms with E-state index in [4.69, 9.17) is 4.74 Å². The number of hydrogen-bond donors (Lipinski definition) is 0. The Hall–Kier alpha value is -0.940. The third kappa shape index (κ3) is 2.21. The Kier molecular flexibility index (Phi) is 2.88. The van der Waals surface area contributed by atoms with E-state index in [9.17, 15) is 4.79 Å². The van der Waals surface area contributed by atoms with E-state index >= 15 is 0 Å². The predicted molar refractivity (Wildman–Crippen MR) is 65.7 cm³/mol. The van der Waals surface area contributed by atoms with Crippen molar-refractivity contribution in [1.82, 2.24) is 9.88 Å². The van der Waals surface area contributed by atoms with Gasteiger partial charge in [0.1, 0.15) is 4.60 Å². The quantitative estimate of drug-likeness (QED) is 0.743. The first-order valence-electron chi connectivity index (χ1n) is 5.78. The van der Waals surface area contributed by atoms with Gasteiger partial charge in [0.25, 0.3) is 5.91 Å². The largest absolute Gasteiger partial charge is 0.371 e. The van der Waals surface area contributed by atoms with Crippen molar-refractivity contribution in [3.8, 4) is 0 Å². The molecule has 90 valence electrons. The van der Waals surface area contributed by atoms with Gasteiger partial charge in [-0.3, -0.25) is 4.79 Å². The van der Waals surface area contributed by atoms with Gasteiger partial charge < -0.3 is 9.64 Å². The fourth-order valence-corrected chi connectivity index (χ4v) is 2.86. The summed E-state index contributed by atoms with van der Waals surface area (Å²) in [6, 6.07) is 3.52. The summed E-state index contributed by atoms with van der Waals surface area (Å²) >= 11 is 3.28. The molecule has 1 aromatic heterocycles. The summed E-state index contributed by atoms with van der Waals surface area (Å²) in [6.45, 7) is 1.44. The molecular formula is C12H13BrN2O2. The molecule has 1 amide bonds. The van der Waals surface area contributed by atoms with Crippen LogP contribution in [-0.2, 0) is 4.74 Å². The Morgan fingerprint density at radius 3 is 2.76 bits per heavy atom. The molecule has 0 radical (unpaired) electrons. The first-order valence-corrected chi connectivity index (χ1v) is 6.58. The van der Waals surface area contributed by atoms with Crippen molar-refractivity contribution < 1.29 is 9.53 Å². The molecule has 0 N–H and O–H groups in total. The first kappa shape index (κ1) is 11.2. The molecule has 3 rings (SSSR count). The van der Waals surface area contributed by atoms with Crippen LogP contribution in [0.4, 0.5) is 0 Å². The van der Waals surface area contributed by atoms with Crippen molar-refractivity contribution >= 4 is 21.8 Å². The molecule has 0 aliphatic carbocycles. The molecule has 0 aromatic carbocycles. The van der Waals surface area contributed by atoms with E-state index in [0.717, 1.165) is 25.9 Å². The number of carbonyl (C=O) groups excluding carboxylic acids is 1. The first-order chi connectivity index (χ1) is 8.22. The minimum atomic E-state index is 0.0771. The number of pyridine rings is 1. The Morgan fingerprint density at radius 1 is 1.41 bits per heavy atom. The summed E-state index contributed by atoms with van der Waals surface area (Å²) in [6.07, 6.45) is 4.28. The normalized spacial score (nSPS) is 27.2. The Bertz CT molecular complexity index is 440. The van der Waals surface area contributed by atoms with Gasteiger partial charge in [-0.2, -0.15) is 0 Å². The van der Waals surface area contributed by atoms with Gasteiger partial charge in [-0.05, 0) is 40.9 Å². The van der Waals surface area contributed by atoms with Gasteiger partial charge in [-0.25, -0.2) is 4.98 Å². The van der Waals surface area contributed by atoms with Gasteiger partial charge in [0.15, 0.2) is 0 Å². The molecule has 2 unspecified atom stereocenters. The van der Waals surface area contributed by atoms with Gasteiger partial charge >= 0.3 is 0 Å². The molecule has 0 spiro atoms. The van der Waals surface area contributed by atoms with E-state index in [1.807, 2.05) is 4.90 Å². The summed E-state index contributed by atoms with van der Waals surface area (Å²) < 4.78 is 6.42. The highest BCUT2D eigenvalue weighted by Gasteiger charge is 2.35. The van der Waals surface area contributed by atoms with Crippen molar-refractivity contribution in [2.75, 3.05) is 13.1 Å². The van der Waals surface area contributed by atoms with Crippen LogP contribution in [0.3, 0.4) is 0 Å². The van der Waals surface area contributed by atoms with Gasteiger partial charge in [-0.15, -0.1) is 0 Å². The number of likely N-dealkylation sites (tertiary alicyclic amines) is 1. The topological polar surface area (TPSA) is 42.4 Å². The van der Waals surface area contributed by atoms with Crippen molar-refractivity contribution in [2.24, 2.45) is 0 Å². The average molecular weight is 297 g/mol. The van der Waals surface area contributed by atoms with Crippen molar-refractivity contribution in [2.45, 2.75) is 25.0 Å². The number of rotatable bonds is 1. The highest BCUT2D eigenvalue weighted by molar-refractivity contribution is 9.10. The number of ether oxygens (including phenoxy) is 1. The number of aromatic nitrogens is 1. The van der Waals surface area contributed by atoms with E-state index in [-0.39, 0.29) is 18.1 Å². The molecule has 1 aromatic rings. The smallest absolute Gasteiger partial charge is 0.254 e. The number of nitrogens with zero attached hydrogens (tertiary/aromatic N) is 2. The molecule has 2 aliphatic heterocycles. The summed E-state index contributed by atoms with van der Waals surface area (Å²) in [5.74, 6) is 0.0771. The predicted octanol–water partition coefficient (Wildman–Crippen LogP) is 1.85. The zero-order valence-electron chi connectivity index (χ0n) is 9.30. The lowest BCUT2D eigenvalue weighted by Gasteiger charge is -2.32. The van der Waals surface area contributed by atoms with Crippen LogP contribution in [0, 0.1) is 0 Å². The summed E-state index contributed by atoms with van der Waals surface area (Å²) in [4.78, 5) is 18.2. The molecule has 2 atom stereocenters. The van der Waals surface area contributed by atoms with Crippen LogP contribution >= 0.6 is 15.9 Å². The highest BCUT2D eigenvalue weighted by Crippen LogP contribution is 2.27. The minimum absolute atomic E-state index is 0.0771. The molecule has 2 fully saturated rings. The van der Waals surface area contributed by atoms with E-state index in [0.29, 0.717) is 10.2 Å². The lowest BCUT2D eigenvalue weighted by atomic mass is 10.2. The number of hydrogen-bond acceptors (Lipinski definition) is 3. The molecule has 5 heteroatoms. The molecular weight excluding hydrogens is 284 g/mol. The van der Waals surface area contributed by atoms with Crippen LogP contribution in [0.5, 0.6) is 0 Å².